The molecule has 1 amide bonds. The quantitative estimate of drug-likeness (QED) is 0.603. The lowest BCUT2D eigenvalue weighted by Gasteiger charge is -2.41. The molecule has 1 heterocycles. The Labute approximate surface area is 84.0 Å². The molecule has 0 bridgehead atoms. The van der Waals surface area contributed by atoms with E-state index in [-0.39, 0.29) is 23.5 Å². The van der Waals surface area contributed by atoms with E-state index in [4.69, 9.17) is 16.3 Å². The summed E-state index contributed by atoms with van der Waals surface area (Å²) in [6, 6.07) is 0. The number of amides is 1. The molecule has 1 fully saturated rings. The Balaban J connectivity index is 2.62. The van der Waals surface area contributed by atoms with Crippen molar-refractivity contribution in [2.75, 3.05) is 19.0 Å². The van der Waals surface area contributed by atoms with E-state index in [2.05, 4.69) is 0 Å². The summed E-state index contributed by atoms with van der Waals surface area (Å²) in [5, 5.41) is 0. The number of hydrogen-bond donors (Lipinski definition) is 0. The van der Waals surface area contributed by atoms with Crippen molar-refractivity contribution in [2.24, 2.45) is 0 Å². The second-order valence-corrected chi connectivity index (χ2v) is 4.36. The van der Waals surface area contributed by atoms with Gasteiger partial charge in [0.2, 0.25) is 5.91 Å². The molecule has 0 spiro atoms. The topological polar surface area (TPSA) is 29.5 Å². The molecule has 0 aliphatic carbocycles. The van der Waals surface area contributed by atoms with Gasteiger partial charge in [-0.3, -0.25) is 4.79 Å². The van der Waals surface area contributed by atoms with Gasteiger partial charge in [-0.1, -0.05) is 0 Å². The summed E-state index contributed by atoms with van der Waals surface area (Å²) in [6.07, 6.45) is 0.0934. The van der Waals surface area contributed by atoms with Crippen LogP contribution in [-0.2, 0) is 9.53 Å². The van der Waals surface area contributed by atoms with Gasteiger partial charge in [-0.15, -0.1) is 11.6 Å². The van der Waals surface area contributed by atoms with E-state index in [1.54, 1.807) is 4.90 Å². The maximum atomic E-state index is 11.3. The summed E-state index contributed by atoms with van der Waals surface area (Å²) in [7, 11) is 0. The molecule has 1 atom stereocenters. The van der Waals surface area contributed by atoms with E-state index in [0.717, 1.165) is 0 Å². The van der Waals surface area contributed by atoms with Crippen molar-refractivity contribution in [3.05, 3.63) is 0 Å². The third kappa shape index (κ3) is 2.85. The van der Waals surface area contributed by atoms with E-state index in [1.165, 1.54) is 0 Å². The van der Waals surface area contributed by atoms with Crippen LogP contribution in [0.25, 0.3) is 0 Å². The first-order valence-corrected chi connectivity index (χ1v) is 4.99. The van der Waals surface area contributed by atoms with Crippen molar-refractivity contribution in [3.63, 3.8) is 0 Å². The third-order valence-corrected chi connectivity index (χ3v) is 2.27. The number of carbonyl (C=O) groups excluding carboxylic acids is 1. The molecule has 0 aromatic rings. The molecule has 0 radical (unpaired) electrons. The first kappa shape index (κ1) is 10.8. The van der Waals surface area contributed by atoms with Gasteiger partial charge in [0.05, 0.1) is 11.7 Å². The van der Waals surface area contributed by atoms with Crippen molar-refractivity contribution in [1.29, 1.82) is 0 Å². The van der Waals surface area contributed by atoms with Crippen molar-refractivity contribution in [1.82, 2.24) is 4.90 Å². The Bertz CT molecular complexity index is 206. The normalized spacial score (nSPS) is 27.4. The average molecular weight is 206 g/mol. The summed E-state index contributed by atoms with van der Waals surface area (Å²) in [5.74, 6) is 0.0490. The van der Waals surface area contributed by atoms with Gasteiger partial charge in [0, 0.05) is 13.1 Å². The fourth-order valence-electron chi connectivity index (χ4n) is 1.73. The van der Waals surface area contributed by atoms with E-state index in [9.17, 15) is 4.79 Å². The van der Waals surface area contributed by atoms with Crippen LogP contribution in [0, 0.1) is 0 Å². The second kappa shape index (κ2) is 3.84. The van der Waals surface area contributed by atoms with Crippen LogP contribution in [-0.4, -0.2) is 41.5 Å². The Hall–Kier alpha value is -0.280. The third-order valence-electron chi connectivity index (χ3n) is 2.04. The molecule has 13 heavy (non-hydrogen) atoms. The Kier molecular flexibility index (Phi) is 3.19. The number of morpholine rings is 1. The smallest absolute Gasteiger partial charge is 0.237 e. The van der Waals surface area contributed by atoms with Crippen LogP contribution in [0.4, 0.5) is 0 Å². The lowest BCUT2D eigenvalue weighted by Crippen LogP contribution is -2.54. The van der Waals surface area contributed by atoms with Crippen molar-refractivity contribution >= 4 is 17.5 Å². The summed E-state index contributed by atoms with van der Waals surface area (Å²) >= 11 is 5.49. The van der Waals surface area contributed by atoms with Gasteiger partial charge in [-0.2, -0.15) is 0 Å². The number of halogens is 1. The zero-order chi connectivity index (χ0) is 10.1. The molecule has 0 aromatic heterocycles. The monoisotopic (exact) mass is 205 g/mol. The van der Waals surface area contributed by atoms with Crippen LogP contribution in [0.2, 0.25) is 0 Å². The highest BCUT2D eigenvalue weighted by Crippen LogP contribution is 2.20. The minimum atomic E-state index is -0.251. The van der Waals surface area contributed by atoms with Crippen LogP contribution >= 0.6 is 11.6 Å². The fraction of sp³-hybridized carbons (Fsp3) is 0.889. The lowest BCUT2D eigenvalue weighted by atomic mass is 10.1. The summed E-state index contributed by atoms with van der Waals surface area (Å²) in [6.45, 7) is 7.21. The largest absolute Gasteiger partial charge is 0.369 e. The zero-order valence-corrected chi connectivity index (χ0v) is 9.10. The van der Waals surface area contributed by atoms with Crippen LogP contribution < -0.4 is 0 Å². The molecule has 1 saturated heterocycles. The highest BCUT2D eigenvalue weighted by Gasteiger charge is 2.33. The van der Waals surface area contributed by atoms with Gasteiger partial charge in [0.15, 0.2) is 0 Å². The summed E-state index contributed by atoms with van der Waals surface area (Å²) in [4.78, 5) is 13.1. The van der Waals surface area contributed by atoms with E-state index >= 15 is 0 Å². The van der Waals surface area contributed by atoms with Gasteiger partial charge in [0.1, 0.15) is 5.88 Å². The number of carbonyl (C=O) groups is 1. The molecule has 0 N–H and O–H groups in total. The van der Waals surface area contributed by atoms with Crippen LogP contribution in [0.15, 0.2) is 0 Å². The highest BCUT2D eigenvalue weighted by atomic mass is 35.5. The Morgan fingerprint density at radius 2 is 2.31 bits per heavy atom. The Morgan fingerprint density at radius 3 is 2.77 bits per heavy atom. The predicted octanol–water partition coefficient (Wildman–Crippen LogP) is 1.25. The SMILES string of the molecule is CC1CN(C(=O)CCl)CC(C)(C)O1. The van der Waals surface area contributed by atoms with E-state index in [0.29, 0.717) is 13.1 Å². The Morgan fingerprint density at radius 1 is 1.69 bits per heavy atom. The maximum absolute atomic E-state index is 11.3. The number of ether oxygens (including phenoxy) is 1. The molecule has 3 nitrogen and oxygen atoms in total. The lowest BCUT2D eigenvalue weighted by molar-refractivity contribution is -0.155. The van der Waals surface area contributed by atoms with Crippen molar-refractivity contribution < 1.29 is 9.53 Å². The predicted molar refractivity (Wildman–Crippen MR) is 51.9 cm³/mol. The molecule has 1 rings (SSSR count). The summed E-state index contributed by atoms with van der Waals surface area (Å²) in [5.41, 5.74) is -0.251. The number of rotatable bonds is 1. The van der Waals surface area contributed by atoms with Gasteiger partial charge < -0.3 is 9.64 Å². The van der Waals surface area contributed by atoms with Crippen LogP contribution in [0.3, 0.4) is 0 Å². The number of nitrogens with zero attached hydrogens (tertiary/aromatic N) is 1. The first-order valence-electron chi connectivity index (χ1n) is 4.46. The minimum Gasteiger partial charge on any atom is -0.369 e. The van der Waals surface area contributed by atoms with Crippen LogP contribution in [0.1, 0.15) is 20.8 Å². The van der Waals surface area contributed by atoms with Gasteiger partial charge in [0.25, 0.3) is 0 Å². The van der Waals surface area contributed by atoms with Crippen LogP contribution in [0.5, 0.6) is 0 Å². The first-order chi connectivity index (χ1) is 5.94. The summed E-state index contributed by atoms with van der Waals surface area (Å²) < 4.78 is 5.66. The second-order valence-electron chi connectivity index (χ2n) is 4.10. The zero-order valence-electron chi connectivity index (χ0n) is 8.34. The molecule has 4 heteroatoms. The molecule has 1 unspecified atom stereocenters. The van der Waals surface area contributed by atoms with E-state index < -0.39 is 0 Å². The van der Waals surface area contributed by atoms with Crippen molar-refractivity contribution in [3.8, 4) is 0 Å². The fourth-order valence-corrected chi connectivity index (χ4v) is 1.90. The number of hydrogen-bond acceptors (Lipinski definition) is 2. The maximum Gasteiger partial charge on any atom is 0.237 e. The van der Waals surface area contributed by atoms with Crippen molar-refractivity contribution in [2.45, 2.75) is 32.5 Å². The minimum absolute atomic E-state index is 0.00936. The molecule has 1 aliphatic rings. The average Bonchev–Trinajstić information content (AvgIpc) is 1.99. The molecular weight excluding hydrogens is 190 g/mol. The number of alkyl halides is 1. The van der Waals surface area contributed by atoms with Gasteiger partial charge in [-0.05, 0) is 20.8 Å². The molecule has 0 aromatic carbocycles. The van der Waals surface area contributed by atoms with Gasteiger partial charge >= 0.3 is 0 Å². The molecule has 1 aliphatic heterocycles. The molecular formula is C9H16ClNO2. The van der Waals surface area contributed by atoms with E-state index in [1.807, 2.05) is 20.8 Å². The highest BCUT2D eigenvalue weighted by molar-refractivity contribution is 6.27. The molecule has 0 saturated carbocycles. The standard InChI is InChI=1S/C9H16ClNO2/c1-7-5-11(8(12)4-10)6-9(2,3)13-7/h7H,4-6H2,1-3H3. The molecule has 76 valence electrons. The van der Waals surface area contributed by atoms with Gasteiger partial charge in [-0.25, -0.2) is 0 Å².